The lowest BCUT2D eigenvalue weighted by molar-refractivity contribution is 0.101. The summed E-state index contributed by atoms with van der Waals surface area (Å²) < 4.78 is 28.4. The third kappa shape index (κ3) is 4.29. The summed E-state index contributed by atoms with van der Waals surface area (Å²) in [6.45, 7) is 1.69. The fourth-order valence-electron chi connectivity index (χ4n) is 3.20. The van der Waals surface area contributed by atoms with E-state index >= 15 is 0 Å². The van der Waals surface area contributed by atoms with Crippen molar-refractivity contribution in [1.29, 1.82) is 0 Å². The number of carbonyl (C=O) groups is 1. The van der Waals surface area contributed by atoms with E-state index in [2.05, 4.69) is 20.1 Å². The summed E-state index contributed by atoms with van der Waals surface area (Å²) in [5.74, 6) is -0.0656. The van der Waals surface area contributed by atoms with E-state index in [0.29, 0.717) is 17.1 Å². The lowest BCUT2D eigenvalue weighted by Gasteiger charge is -2.09. The van der Waals surface area contributed by atoms with Crippen LogP contribution in [0.1, 0.15) is 16.2 Å². The van der Waals surface area contributed by atoms with Crippen molar-refractivity contribution in [2.24, 2.45) is 0 Å². The molecule has 0 fully saturated rings. The molecule has 2 N–H and O–H groups in total. The molecule has 162 valence electrons. The number of hydrogen-bond acceptors (Lipinski definition) is 5. The van der Waals surface area contributed by atoms with Crippen LogP contribution in [0.3, 0.4) is 0 Å². The van der Waals surface area contributed by atoms with Crippen LogP contribution in [0.15, 0.2) is 83.8 Å². The number of rotatable bonds is 6. The highest BCUT2D eigenvalue weighted by molar-refractivity contribution is 7.89. The molecule has 3 aromatic carbocycles. The van der Waals surface area contributed by atoms with Gasteiger partial charge >= 0.3 is 0 Å². The van der Waals surface area contributed by atoms with Gasteiger partial charge in [0.25, 0.3) is 5.91 Å². The zero-order chi connectivity index (χ0) is 22.7. The van der Waals surface area contributed by atoms with E-state index in [0.717, 1.165) is 11.3 Å². The van der Waals surface area contributed by atoms with Crippen LogP contribution in [-0.2, 0) is 10.0 Å². The number of benzene rings is 3. The van der Waals surface area contributed by atoms with Gasteiger partial charge in [-0.15, -0.1) is 5.10 Å². The molecule has 1 amide bonds. The van der Waals surface area contributed by atoms with E-state index in [4.69, 9.17) is 0 Å². The number of nitrogens with one attached hydrogen (secondary N) is 2. The van der Waals surface area contributed by atoms with Crippen LogP contribution in [0, 0.1) is 6.92 Å². The van der Waals surface area contributed by atoms with Crippen molar-refractivity contribution in [2.75, 3.05) is 12.4 Å². The molecule has 4 aromatic rings. The summed E-state index contributed by atoms with van der Waals surface area (Å²) in [5.41, 5.74) is 2.46. The summed E-state index contributed by atoms with van der Waals surface area (Å²) in [5, 5.41) is 7.12. The van der Waals surface area contributed by atoms with Crippen LogP contribution in [-0.4, -0.2) is 36.1 Å². The van der Waals surface area contributed by atoms with Gasteiger partial charge in [0.1, 0.15) is 0 Å². The topological polar surface area (TPSA) is 106 Å². The summed E-state index contributed by atoms with van der Waals surface area (Å²) in [4.78, 5) is 17.5. The summed E-state index contributed by atoms with van der Waals surface area (Å²) in [6.07, 6.45) is 0. The van der Waals surface area contributed by atoms with Gasteiger partial charge in [0.15, 0.2) is 5.82 Å². The number of amides is 1. The van der Waals surface area contributed by atoms with E-state index < -0.39 is 15.9 Å². The average molecular weight is 448 g/mol. The molecular weight excluding hydrogens is 426 g/mol. The monoisotopic (exact) mass is 447 g/mol. The average Bonchev–Trinajstić information content (AvgIpc) is 3.27. The number of nitrogens with zero attached hydrogens (tertiary/aromatic N) is 3. The molecular formula is C23H21N5O3S. The Balaban J connectivity index is 1.71. The Labute approximate surface area is 186 Å². The molecule has 0 bridgehead atoms. The number of aromatic nitrogens is 3. The third-order valence-corrected chi connectivity index (χ3v) is 6.40. The molecule has 0 radical (unpaired) electrons. The third-order valence-electron chi connectivity index (χ3n) is 4.85. The van der Waals surface area contributed by atoms with Crippen LogP contribution in [0.5, 0.6) is 0 Å². The SMILES string of the molecule is CNS(=O)(=O)c1cc(NC(=O)c2nc(-c3ccccc3)n(-c3ccccc3)n2)ccc1C. The van der Waals surface area contributed by atoms with Crippen LogP contribution in [0.2, 0.25) is 0 Å². The minimum Gasteiger partial charge on any atom is -0.319 e. The highest BCUT2D eigenvalue weighted by atomic mass is 32.2. The zero-order valence-corrected chi connectivity index (χ0v) is 18.3. The molecule has 0 aliphatic rings. The molecule has 0 aliphatic heterocycles. The van der Waals surface area contributed by atoms with Gasteiger partial charge < -0.3 is 5.32 Å². The molecule has 1 aromatic heterocycles. The van der Waals surface area contributed by atoms with Crippen LogP contribution >= 0.6 is 0 Å². The Morgan fingerprint density at radius 2 is 1.59 bits per heavy atom. The number of hydrogen-bond donors (Lipinski definition) is 2. The van der Waals surface area contributed by atoms with Gasteiger partial charge in [-0.3, -0.25) is 4.79 Å². The van der Waals surface area contributed by atoms with Crippen molar-refractivity contribution in [3.63, 3.8) is 0 Å². The van der Waals surface area contributed by atoms with Crippen LogP contribution < -0.4 is 10.0 Å². The maximum Gasteiger partial charge on any atom is 0.295 e. The van der Waals surface area contributed by atoms with Gasteiger partial charge in [-0.1, -0.05) is 54.6 Å². The summed E-state index contributed by atoms with van der Waals surface area (Å²) in [6, 6.07) is 23.5. The Kier molecular flexibility index (Phi) is 5.85. The van der Waals surface area contributed by atoms with Crippen LogP contribution in [0.4, 0.5) is 5.69 Å². The minimum atomic E-state index is -3.66. The molecule has 4 rings (SSSR count). The van der Waals surface area contributed by atoms with Crippen molar-refractivity contribution in [3.8, 4) is 17.1 Å². The molecule has 9 heteroatoms. The summed E-state index contributed by atoms with van der Waals surface area (Å²) in [7, 11) is -2.32. The quantitative estimate of drug-likeness (QED) is 0.471. The second-order valence-corrected chi connectivity index (χ2v) is 8.87. The smallest absolute Gasteiger partial charge is 0.295 e. The van der Waals surface area contributed by atoms with E-state index in [-0.39, 0.29) is 10.7 Å². The lowest BCUT2D eigenvalue weighted by Crippen LogP contribution is -2.20. The van der Waals surface area contributed by atoms with E-state index in [1.165, 1.54) is 13.1 Å². The first-order valence-corrected chi connectivity index (χ1v) is 11.3. The van der Waals surface area contributed by atoms with Crippen LogP contribution in [0.25, 0.3) is 17.1 Å². The fraction of sp³-hybridized carbons (Fsp3) is 0.0870. The normalized spacial score (nSPS) is 11.3. The summed E-state index contributed by atoms with van der Waals surface area (Å²) >= 11 is 0. The maximum absolute atomic E-state index is 12.9. The van der Waals surface area contributed by atoms with Crippen molar-refractivity contribution >= 4 is 21.6 Å². The van der Waals surface area contributed by atoms with E-state index in [1.54, 1.807) is 23.7 Å². The maximum atomic E-state index is 12.9. The predicted molar refractivity (Wildman–Crippen MR) is 122 cm³/mol. The molecule has 0 saturated carbocycles. The fourth-order valence-corrected chi connectivity index (χ4v) is 4.19. The van der Waals surface area contributed by atoms with Crippen molar-refractivity contribution in [1.82, 2.24) is 19.5 Å². The number of para-hydroxylation sites is 1. The standard InChI is InChI=1S/C23H21N5O3S/c1-16-13-14-18(15-20(16)32(30,31)24-2)25-23(29)21-26-22(17-9-5-3-6-10-17)28(27-21)19-11-7-4-8-12-19/h3-15,24H,1-2H3,(H,25,29). The molecule has 1 heterocycles. The zero-order valence-electron chi connectivity index (χ0n) is 17.5. The molecule has 8 nitrogen and oxygen atoms in total. The molecule has 0 unspecified atom stereocenters. The lowest BCUT2D eigenvalue weighted by atomic mass is 10.2. The molecule has 0 spiro atoms. The van der Waals surface area contributed by atoms with Gasteiger partial charge in [0, 0.05) is 11.3 Å². The molecule has 0 atom stereocenters. The predicted octanol–water partition coefficient (Wildman–Crippen LogP) is 3.40. The minimum absolute atomic E-state index is 0.0358. The highest BCUT2D eigenvalue weighted by Gasteiger charge is 2.20. The first-order valence-electron chi connectivity index (χ1n) is 9.82. The number of carbonyl (C=O) groups excluding carboxylic acids is 1. The molecule has 0 saturated heterocycles. The van der Waals surface area contributed by atoms with E-state index in [9.17, 15) is 13.2 Å². The van der Waals surface area contributed by atoms with E-state index in [1.807, 2.05) is 60.7 Å². The van der Waals surface area contributed by atoms with Crippen molar-refractivity contribution in [3.05, 3.63) is 90.3 Å². The number of aryl methyl sites for hydroxylation is 1. The number of sulfonamides is 1. The second-order valence-electron chi connectivity index (χ2n) is 7.01. The first-order chi connectivity index (χ1) is 15.4. The Bertz CT molecular complexity index is 1310. The Morgan fingerprint density at radius 1 is 0.938 bits per heavy atom. The first kappa shape index (κ1) is 21.4. The van der Waals surface area contributed by atoms with Gasteiger partial charge in [-0.25, -0.2) is 22.8 Å². The second kappa shape index (κ2) is 8.74. The van der Waals surface area contributed by atoms with Gasteiger partial charge in [-0.05, 0) is 43.8 Å². The molecule has 0 aliphatic carbocycles. The van der Waals surface area contributed by atoms with Crippen molar-refractivity contribution in [2.45, 2.75) is 11.8 Å². The highest BCUT2D eigenvalue weighted by Crippen LogP contribution is 2.23. The van der Waals surface area contributed by atoms with Crippen molar-refractivity contribution < 1.29 is 13.2 Å². The van der Waals surface area contributed by atoms with Gasteiger partial charge in [0.2, 0.25) is 15.8 Å². The van der Waals surface area contributed by atoms with Gasteiger partial charge in [-0.2, -0.15) is 0 Å². The largest absolute Gasteiger partial charge is 0.319 e. The molecule has 32 heavy (non-hydrogen) atoms. The number of anilines is 1. The van der Waals surface area contributed by atoms with Gasteiger partial charge in [0.05, 0.1) is 10.6 Å². The Morgan fingerprint density at radius 3 is 2.25 bits per heavy atom. The Hall–Kier alpha value is -3.82.